The van der Waals surface area contributed by atoms with Gasteiger partial charge in [0.05, 0.1) is 10.6 Å². The van der Waals surface area contributed by atoms with Crippen molar-refractivity contribution in [2.45, 2.75) is 6.42 Å². The fourth-order valence-electron chi connectivity index (χ4n) is 3.19. The van der Waals surface area contributed by atoms with E-state index < -0.39 is 5.82 Å². The number of hydrogen-bond acceptors (Lipinski definition) is 4. The van der Waals surface area contributed by atoms with Crippen molar-refractivity contribution in [3.05, 3.63) is 59.0 Å². The second-order valence-corrected chi connectivity index (χ2v) is 6.62. The fraction of sp³-hybridized carbons (Fsp3) is 0.278. The smallest absolute Gasteiger partial charge is 0.256 e. The van der Waals surface area contributed by atoms with E-state index in [1.165, 1.54) is 12.1 Å². The molecule has 2 aromatic heterocycles. The van der Waals surface area contributed by atoms with Crippen molar-refractivity contribution < 1.29 is 9.18 Å². The first-order valence-electron chi connectivity index (χ1n) is 8.42. The summed E-state index contributed by atoms with van der Waals surface area (Å²) in [5, 5.41) is 9.02. The maximum atomic E-state index is 13.9. The second kappa shape index (κ2) is 6.92. The van der Waals surface area contributed by atoms with E-state index in [2.05, 4.69) is 15.1 Å². The lowest BCUT2D eigenvalue weighted by Gasteiger charge is -2.22. The summed E-state index contributed by atoms with van der Waals surface area (Å²) in [6, 6.07) is 9.67. The number of benzene rings is 1. The molecule has 1 amide bonds. The summed E-state index contributed by atoms with van der Waals surface area (Å²) in [6.45, 7) is 2.38. The van der Waals surface area contributed by atoms with Crippen molar-refractivity contribution in [2.75, 3.05) is 31.1 Å². The Bertz CT molecular complexity index is 960. The Balaban J connectivity index is 1.54. The molecule has 0 unspecified atom stereocenters. The van der Waals surface area contributed by atoms with Crippen molar-refractivity contribution in [2.24, 2.45) is 0 Å². The quantitative estimate of drug-likeness (QED) is 0.693. The Morgan fingerprint density at radius 1 is 1.04 bits per heavy atom. The third kappa shape index (κ3) is 3.10. The van der Waals surface area contributed by atoms with Crippen molar-refractivity contribution in [1.82, 2.24) is 19.5 Å². The molecule has 0 saturated carbocycles. The van der Waals surface area contributed by atoms with Crippen molar-refractivity contribution in [1.29, 1.82) is 0 Å². The van der Waals surface area contributed by atoms with Gasteiger partial charge in [0.15, 0.2) is 5.65 Å². The van der Waals surface area contributed by atoms with Crippen LogP contribution in [0.15, 0.2) is 42.6 Å². The lowest BCUT2D eigenvalue weighted by atomic mass is 10.2. The van der Waals surface area contributed by atoms with Crippen LogP contribution >= 0.6 is 11.6 Å². The number of rotatable bonds is 2. The number of aromatic nitrogens is 3. The van der Waals surface area contributed by atoms with Crippen LogP contribution in [-0.4, -0.2) is 51.6 Å². The van der Waals surface area contributed by atoms with Gasteiger partial charge in [-0.15, -0.1) is 10.2 Å². The molecule has 8 heteroatoms. The summed E-state index contributed by atoms with van der Waals surface area (Å²) in [5.74, 6) is -0.0708. The molecule has 0 atom stereocenters. The molecule has 3 aromatic rings. The van der Waals surface area contributed by atoms with Gasteiger partial charge >= 0.3 is 0 Å². The van der Waals surface area contributed by atoms with E-state index in [1.807, 2.05) is 10.5 Å². The number of anilines is 1. The van der Waals surface area contributed by atoms with E-state index in [-0.39, 0.29) is 11.5 Å². The van der Waals surface area contributed by atoms with Gasteiger partial charge in [-0.25, -0.2) is 4.39 Å². The molecule has 26 heavy (non-hydrogen) atoms. The molecule has 4 rings (SSSR count). The maximum Gasteiger partial charge on any atom is 0.256 e. The van der Waals surface area contributed by atoms with Crippen LogP contribution in [0, 0.1) is 5.82 Å². The number of nitrogens with zero attached hydrogens (tertiary/aromatic N) is 5. The summed E-state index contributed by atoms with van der Waals surface area (Å²) < 4.78 is 15.8. The van der Waals surface area contributed by atoms with Crippen LogP contribution in [0.5, 0.6) is 0 Å². The van der Waals surface area contributed by atoms with Crippen LogP contribution < -0.4 is 4.90 Å². The minimum atomic E-state index is -0.489. The van der Waals surface area contributed by atoms with Crippen molar-refractivity contribution in [3.8, 4) is 0 Å². The molecule has 1 aliphatic heterocycles. The zero-order chi connectivity index (χ0) is 18.1. The Labute approximate surface area is 154 Å². The zero-order valence-corrected chi connectivity index (χ0v) is 14.7. The normalized spacial score (nSPS) is 15.3. The topological polar surface area (TPSA) is 53.7 Å². The Morgan fingerprint density at radius 2 is 1.88 bits per heavy atom. The van der Waals surface area contributed by atoms with Crippen molar-refractivity contribution in [3.63, 3.8) is 0 Å². The van der Waals surface area contributed by atoms with Gasteiger partial charge in [-0.3, -0.25) is 9.20 Å². The van der Waals surface area contributed by atoms with E-state index in [9.17, 15) is 9.18 Å². The van der Waals surface area contributed by atoms with Gasteiger partial charge in [0.25, 0.3) is 5.91 Å². The molecule has 134 valence electrons. The van der Waals surface area contributed by atoms with E-state index >= 15 is 0 Å². The van der Waals surface area contributed by atoms with Gasteiger partial charge in [-0.2, -0.15) is 0 Å². The second-order valence-electron chi connectivity index (χ2n) is 6.19. The Kier molecular flexibility index (Phi) is 4.46. The monoisotopic (exact) mass is 373 g/mol. The number of fused-ring (bicyclic) bond motifs is 1. The molecule has 1 aromatic carbocycles. The number of carbonyl (C=O) groups excluding carboxylic acids is 1. The molecule has 0 bridgehead atoms. The highest BCUT2D eigenvalue weighted by atomic mass is 35.5. The Hall–Kier alpha value is -2.67. The van der Waals surface area contributed by atoms with Crippen LogP contribution in [0.4, 0.5) is 10.3 Å². The molecule has 1 aliphatic rings. The lowest BCUT2D eigenvalue weighted by Crippen LogP contribution is -2.36. The van der Waals surface area contributed by atoms with E-state index in [1.54, 1.807) is 29.3 Å². The Morgan fingerprint density at radius 3 is 2.73 bits per heavy atom. The number of carbonyl (C=O) groups is 1. The van der Waals surface area contributed by atoms with Crippen molar-refractivity contribution >= 4 is 29.1 Å². The highest BCUT2D eigenvalue weighted by Crippen LogP contribution is 2.19. The molecule has 0 spiro atoms. The number of pyridine rings is 1. The fourth-order valence-corrected chi connectivity index (χ4v) is 3.35. The highest BCUT2D eigenvalue weighted by molar-refractivity contribution is 6.30. The van der Waals surface area contributed by atoms with Gasteiger partial charge in [0, 0.05) is 32.4 Å². The van der Waals surface area contributed by atoms with E-state index in [4.69, 9.17) is 11.6 Å². The minimum absolute atomic E-state index is 0.112. The molecule has 3 heterocycles. The SMILES string of the molecule is O=C(c1ccccc1F)N1CCCN(c2nnc3ccc(Cl)cn23)CC1. The molecule has 0 aliphatic carbocycles. The zero-order valence-electron chi connectivity index (χ0n) is 14.0. The van der Waals surface area contributed by atoms with Gasteiger partial charge in [0.1, 0.15) is 5.82 Å². The minimum Gasteiger partial charge on any atom is -0.339 e. The van der Waals surface area contributed by atoms with Crippen LogP contribution in [0.1, 0.15) is 16.8 Å². The molecule has 6 nitrogen and oxygen atoms in total. The third-order valence-electron chi connectivity index (χ3n) is 4.52. The first-order chi connectivity index (χ1) is 12.6. The molecular weight excluding hydrogens is 357 g/mol. The number of amides is 1. The lowest BCUT2D eigenvalue weighted by molar-refractivity contribution is 0.0762. The van der Waals surface area contributed by atoms with Gasteiger partial charge < -0.3 is 9.80 Å². The highest BCUT2D eigenvalue weighted by Gasteiger charge is 2.24. The molecule has 1 fully saturated rings. The summed E-state index contributed by atoms with van der Waals surface area (Å²) in [4.78, 5) is 16.4. The van der Waals surface area contributed by atoms with Gasteiger partial charge in [0.2, 0.25) is 5.95 Å². The van der Waals surface area contributed by atoms with Crippen LogP contribution in [0.25, 0.3) is 5.65 Å². The molecule has 0 N–H and O–H groups in total. The predicted octanol–water partition coefficient (Wildman–Crippen LogP) is 2.87. The number of hydrogen-bond donors (Lipinski definition) is 0. The van der Waals surface area contributed by atoms with E-state index in [0.29, 0.717) is 36.3 Å². The molecular formula is C18H17ClFN5O. The standard InChI is InChI=1S/C18H17ClFN5O/c19-13-6-7-16-21-22-18(25(16)12-13)24-9-3-8-23(10-11-24)17(26)14-4-1-2-5-15(14)20/h1-2,4-7,12H,3,8-11H2. The van der Waals surface area contributed by atoms with Gasteiger partial charge in [-0.1, -0.05) is 23.7 Å². The maximum absolute atomic E-state index is 13.9. The average Bonchev–Trinajstić information content (AvgIpc) is 2.89. The first-order valence-corrected chi connectivity index (χ1v) is 8.80. The summed E-state index contributed by atoms with van der Waals surface area (Å²) in [6.07, 6.45) is 2.54. The van der Waals surface area contributed by atoms with Gasteiger partial charge in [-0.05, 0) is 30.7 Å². The summed E-state index contributed by atoms with van der Waals surface area (Å²) in [5.41, 5.74) is 0.827. The van der Waals surface area contributed by atoms with Crippen LogP contribution in [-0.2, 0) is 0 Å². The molecule has 0 radical (unpaired) electrons. The predicted molar refractivity (Wildman–Crippen MR) is 97.1 cm³/mol. The summed E-state index contributed by atoms with van der Waals surface area (Å²) in [7, 11) is 0. The third-order valence-corrected chi connectivity index (χ3v) is 4.74. The first kappa shape index (κ1) is 16.8. The van der Waals surface area contributed by atoms with Crippen LogP contribution in [0.2, 0.25) is 5.02 Å². The number of halogens is 2. The summed E-state index contributed by atoms with van der Waals surface area (Å²) >= 11 is 6.08. The molecule has 1 saturated heterocycles. The van der Waals surface area contributed by atoms with E-state index in [0.717, 1.165) is 13.0 Å². The average molecular weight is 374 g/mol. The van der Waals surface area contributed by atoms with Crippen LogP contribution in [0.3, 0.4) is 0 Å². The largest absolute Gasteiger partial charge is 0.339 e.